The van der Waals surface area contributed by atoms with Crippen LogP contribution in [-0.4, -0.2) is 37.0 Å². The molecule has 1 rings (SSSR count). The highest BCUT2D eigenvalue weighted by molar-refractivity contribution is 7.92. The maximum atomic E-state index is 12.1. The fraction of sp³-hybridized carbons (Fsp3) is 0.643. The van der Waals surface area contributed by atoms with Crippen LogP contribution in [0.4, 0.5) is 0 Å². The van der Waals surface area contributed by atoms with E-state index in [4.69, 9.17) is 0 Å². The Morgan fingerprint density at radius 3 is 2.26 bits per heavy atom. The molecule has 5 heteroatoms. The molecule has 2 atom stereocenters. The zero-order valence-corrected chi connectivity index (χ0v) is 13.2. The monoisotopic (exact) mass is 284 g/mol. The third kappa shape index (κ3) is 3.54. The maximum absolute atomic E-state index is 12.1. The summed E-state index contributed by atoms with van der Waals surface area (Å²) in [5, 5.41) is 3.33. The molecule has 0 bridgehead atoms. The normalized spacial score (nSPS) is 16.1. The molecule has 0 aliphatic carbocycles. The van der Waals surface area contributed by atoms with Gasteiger partial charge in [-0.2, -0.15) is 0 Å². The first kappa shape index (κ1) is 16.1. The van der Waals surface area contributed by atoms with Crippen LogP contribution in [0.5, 0.6) is 0 Å². The van der Waals surface area contributed by atoms with E-state index in [-0.39, 0.29) is 12.0 Å². The van der Waals surface area contributed by atoms with Crippen molar-refractivity contribution in [3.05, 3.63) is 30.1 Å². The minimum absolute atomic E-state index is 0.0904. The van der Waals surface area contributed by atoms with Gasteiger partial charge in [-0.05, 0) is 44.0 Å². The quantitative estimate of drug-likeness (QED) is 0.868. The average molecular weight is 284 g/mol. The molecule has 0 aliphatic rings. The minimum Gasteiger partial charge on any atom is -0.312 e. The third-order valence-electron chi connectivity index (χ3n) is 3.86. The Bertz CT molecular complexity index is 497. The van der Waals surface area contributed by atoms with E-state index in [0.717, 1.165) is 12.1 Å². The van der Waals surface area contributed by atoms with Crippen LogP contribution in [0.25, 0.3) is 0 Å². The Morgan fingerprint density at radius 2 is 1.84 bits per heavy atom. The first-order valence-corrected chi connectivity index (χ1v) is 8.43. The molecule has 1 N–H and O–H groups in total. The lowest BCUT2D eigenvalue weighted by Gasteiger charge is -2.37. The molecular weight excluding hydrogens is 260 g/mol. The zero-order valence-electron chi connectivity index (χ0n) is 12.3. The Labute approximate surface area is 116 Å². The molecule has 2 unspecified atom stereocenters. The van der Waals surface area contributed by atoms with Gasteiger partial charge in [0, 0.05) is 24.7 Å². The molecule has 0 radical (unpaired) electrons. The van der Waals surface area contributed by atoms with E-state index < -0.39 is 14.6 Å². The van der Waals surface area contributed by atoms with Crippen LogP contribution in [0.3, 0.4) is 0 Å². The Hall–Kier alpha value is -0.940. The maximum Gasteiger partial charge on any atom is 0.154 e. The van der Waals surface area contributed by atoms with Crippen molar-refractivity contribution in [1.29, 1.82) is 0 Å². The Balaban J connectivity index is 3.15. The van der Waals surface area contributed by atoms with Gasteiger partial charge in [0.05, 0.1) is 4.75 Å². The van der Waals surface area contributed by atoms with Crippen molar-refractivity contribution in [2.24, 2.45) is 0 Å². The van der Waals surface area contributed by atoms with Crippen molar-refractivity contribution in [3.63, 3.8) is 0 Å². The van der Waals surface area contributed by atoms with Gasteiger partial charge in [0.1, 0.15) is 0 Å². The van der Waals surface area contributed by atoms with E-state index in [1.165, 1.54) is 6.26 Å². The van der Waals surface area contributed by atoms with Gasteiger partial charge in [-0.25, -0.2) is 8.42 Å². The third-order valence-corrected chi connectivity index (χ3v) is 6.03. The fourth-order valence-electron chi connectivity index (χ4n) is 2.33. The van der Waals surface area contributed by atoms with Gasteiger partial charge in [-0.1, -0.05) is 13.8 Å². The minimum atomic E-state index is -3.15. The second kappa shape index (κ2) is 6.01. The summed E-state index contributed by atoms with van der Waals surface area (Å²) < 4.78 is 23.3. The number of aromatic nitrogens is 1. The summed E-state index contributed by atoms with van der Waals surface area (Å²) in [6.45, 7) is 8.35. The fourth-order valence-corrected chi connectivity index (χ4v) is 3.08. The summed E-state index contributed by atoms with van der Waals surface area (Å²) in [7, 11) is -3.15. The van der Waals surface area contributed by atoms with E-state index in [0.29, 0.717) is 0 Å². The Morgan fingerprint density at radius 1 is 1.32 bits per heavy atom. The van der Waals surface area contributed by atoms with Crippen LogP contribution < -0.4 is 5.32 Å². The van der Waals surface area contributed by atoms with Crippen LogP contribution >= 0.6 is 0 Å². The summed E-state index contributed by atoms with van der Waals surface area (Å²) >= 11 is 0. The van der Waals surface area contributed by atoms with E-state index >= 15 is 0 Å². The number of rotatable bonds is 6. The largest absolute Gasteiger partial charge is 0.312 e. The summed E-state index contributed by atoms with van der Waals surface area (Å²) in [5.41, 5.74) is 1.10. The summed E-state index contributed by atoms with van der Waals surface area (Å²) in [6, 6.07) is 3.73. The number of sulfone groups is 1. The second-order valence-electron chi connectivity index (χ2n) is 5.48. The van der Waals surface area contributed by atoms with E-state index in [2.05, 4.69) is 17.2 Å². The lowest BCUT2D eigenvalue weighted by molar-refractivity contribution is 0.371. The van der Waals surface area contributed by atoms with Crippen molar-refractivity contribution in [2.75, 3.05) is 12.8 Å². The number of hydrogen-bond donors (Lipinski definition) is 1. The van der Waals surface area contributed by atoms with Crippen molar-refractivity contribution in [3.8, 4) is 0 Å². The van der Waals surface area contributed by atoms with Gasteiger partial charge in [0.25, 0.3) is 0 Å². The molecule has 0 aromatic carbocycles. The van der Waals surface area contributed by atoms with Crippen molar-refractivity contribution in [2.45, 2.75) is 44.4 Å². The molecule has 19 heavy (non-hydrogen) atoms. The van der Waals surface area contributed by atoms with E-state index in [9.17, 15) is 8.42 Å². The molecule has 108 valence electrons. The number of pyridine rings is 1. The van der Waals surface area contributed by atoms with Gasteiger partial charge < -0.3 is 5.32 Å². The first-order chi connectivity index (χ1) is 8.71. The second-order valence-corrected chi connectivity index (χ2v) is 8.08. The zero-order chi connectivity index (χ0) is 14.7. The lowest BCUT2D eigenvalue weighted by Crippen LogP contribution is -2.54. The molecule has 0 saturated carbocycles. The molecule has 1 aromatic heterocycles. The first-order valence-electron chi connectivity index (χ1n) is 6.54. The predicted octanol–water partition coefficient (Wildman–Crippen LogP) is 1.99. The highest BCUT2D eigenvalue weighted by Gasteiger charge is 2.41. The van der Waals surface area contributed by atoms with Crippen LogP contribution in [0, 0.1) is 0 Å². The van der Waals surface area contributed by atoms with Crippen molar-refractivity contribution in [1.82, 2.24) is 10.3 Å². The van der Waals surface area contributed by atoms with Crippen LogP contribution in [0.1, 0.15) is 39.2 Å². The van der Waals surface area contributed by atoms with Gasteiger partial charge in [0.15, 0.2) is 9.84 Å². The summed E-state index contributed by atoms with van der Waals surface area (Å²) in [6.07, 6.45) is 4.78. The van der Waals surface area contributed by atoms with Crippen LogP contribution in [0.15, 0.2) is 24.5 Å². The highest BCUT2D eigenvalue weighted by atomic mass is 32.2. The molecule has 0 saturated heterocycles. The van der Waals surface area contributed by atoms with Crippen LogP contribution in [-0.2, 0) is 9.84 Å². The number of likely N-dealkylation sites (N-methyl/N-ethyl adjacent to an activating group) is 1. The van der Waals surface area contributed by atoms with Crippen molar-refractivity contribution < 1.29 is 8.42 Å². The molecule has 1 heterocycles. The summed E-state index contributed by atoms with van der Waals surface area (Å²) in [5.74, 6) is 0.0904. The van der Waals surface area contributed by atoms with Crippen LogP contribution in [0.2, 0.25) is 0 Å². The molecule has 0 fully saturated rings. The molecule has 4 nitrogen and oxygen atoms in total. The predicted molar refractivity (Wildman–Crippen MR) is 79.0 cm³/mol. The molecule has 0 amide bonds. The molecule has 1 aromatic rings. The average Bonchev–Trinajstić information content (AvgIpc) is 2.34. The molecule has 0 aliphatic heterocycles. The molecule has 0 spiro atoms. The Kier molecular flexibility index (Phi) is 5.10. The lowest BCUT2D eigenvalue weighted by atomic mass is 9.86. The number of hydrogen-bond acceptors (Lipinski definition) is 4. The summed E-state index contributed by atoms with van der Waals surface area (Å²) in [4.78, 5) is 4.01. The van der Waals surface area contributed by atoms with E-state index in [1.807, 2.05) is 19.1 Å². The standard InChI is InChI=1S/C14H24N2O2S/c1-6-16-13(14(3,4)19(5,17)18)11(2)12-7-9-15-10-8-12/h7-11,13,16H,6H2,1-5H3. The number of nitrogens with zero attached hydrogens (tertiary/aromatic N) is 1. The number of nitrogens with one attached hydrogen (secondary N) is 1. The highest BCUT2D eigenvalue weighted by Crippen LogP contribution is 2.31. The van der Waals surface area contributed by atoms with Gasteiger partial charge >= 0.3 is 0 Å². The van der Waals surface area contributed by atoms with E-state index in [1.54, 1.807) is 26.2 Å². The van der Waals surface area contributed by atoms with Crippen molar-refractivity contribution >= 4 is 9.84 Å². The topological polar surface area (TPSA) is 59.1 Å². The smallest absolute Gasteiger partial charge is 0.154 e. The SMILES string of the molecule is CCNC(C(C)c1ccncc1)C(C)(C)S(C)(=O)=O. The van der Waals surface area contributed by atoms with Gasteiger partial charge in [0.2, 0.25) is 0 Å². The van der Waals surface area contributed by atoms with Gasteiger partial charge in [-0.3, -0.25) is 4.98 Å². The van der Waals surface area contributed by atoms with Gasteiger partial charge in [-0.15, -0.1) is 0 Å². The molecular formula is C14H24N2O2S.